The van der Waals surface area contributed by atoms with Crippen LogP contribution in [0.5, 0.6) is 0 Å². The first kappa shape index (κ1) is 8.84. The first-order chi connectivity index (χ1) is 7.86. The normalized spacial score (nSPS) is 10.8. The molecule has 0 saturated carbocycles. The molecule has 0 aliphatic heterocycles. The molecule has 0 radical (unpaired) electrons. The van der Waals surface area contributed by atoms with Gasteiger partial charge in [-0.15, -0.1) is 0 Å². The molecule has 0 atom stereocenters. The van der Waals surface area contributed by atoms with E-state index in [0.29, 0.717) is 5.78 Å². The molecule has 0 N–H and O–H groups in total. The molecule has 3 aromatic rings. The van der Waals surface area contributed by atoms with E-state index in [1.165, 1.54) is 16.7 Å². The van der Waals surface area contributed by atoms with Gasteiger partial charge in [-0.25, -0.2) is 4.98 Å². The number of rotatable bonds is 1. The third kappa shape index (κ3) is 1.22. The number of aromatic nitrogens is 4. The molecule has 3 aromatic heterocycles. The van der Waals surface area contributed by atoms with Crippen LogP contribution in [0.1, 0.15) is 0 Å². The fourth-order valence-electron chi connectivity index (χ4n) is 1.63. The maximum Gasteiger partial charge on any atom is 0.259 e. The SMILES string of the molecule is O=c1ccnc2n(-c3ccncc3)ccn12. The van der Waals surface area contributed by atoms with E-state index in [0.717, 1.165) is 5.69 Å². The molecule has 0 aliphatic rings. The molecule has 0 saturated heterocycles. The van der Waals surface area contributed by atoms with Crippen LogP contribution in [0.4, 0.5) is 0 Å². The number of nitrogens with zero attached hydrogens (tertiary/aromatic N) is 4. The lowest BCUT2D eigenvalue weighted by molar-refractivity contribution is 0.999. The number of pyridine rings is 1. The van der Waals surface area contributed by atoms with Crippen molar-refractivity contribution < 1.29 is 0 Å². The van der Waals surface area contributed by atoms with Crippen LogP contribution in [0, 0.1) is 0 Å². The van der Waals surface area contributed by atoms with E-state index in [9.17, 15) is 4.79 Å². The van der Waals surface area contributed by atoms with Crippen molar-refractivity contribution in [3.63, 3.8) is 0 Å². The van der Waals surface area contributed by atoms with Crippen LogP contribution in [0.25, 0.3) is 11.5 Å². The van der Waals surface area contributed by atoms with Crippen LogP contribution in [0.15, 0.2) is 54.0 Å². The molecule has 3 rings (SSSR count). The second kappa shape index (κ2) is 3.30. The zero-order valence-electron chi connectivity index (χ0n) is 8.32. The van der Waals surface area contributed by atoms with Crippen LogP contribution in [-0.2, 0) is 0 Å². The standard InChI is InChI=1S/C11H8N4O/c16-10-3-6-13-11-14(7-8-15(10)11)9-1-4-12-5-2-9/h1-8H. The summed E-state index contributed by atoms with van der Waals surface area (Å²) >= 11 is 0. The highest BCUT2D eigenvalue weighted by Crippen LogP contribution is 2.09. The van der Waals surface area contributed by atoms with E-state index in [2.05, 4.69) is 9.97 Å². The lowest BCUT2D eigenvalue weighted by atomic mass is 10.4. The Balaban J connectivity index is 2.34. The van der Waals surface area contributed by atoms with Crippen LogP contribution >= 0.6 is 0 Å². The monoisotopic (exact) mass is 212 g/mol. The van der Waals surface area contributed by atoms with E-state index in [4.69, 9.17) is 0 Å². The van der Waals surface area contributed by atoms with E-state index in [1.807, 2.05) is 16.7 Å². The summed E-state index contributed by atoms with van der Waals surface area (Å²) in [5.41, 5.74) is 0.841. The lowest BCUT2D eigenvalue weighted by Crippen LogP contribution is -2.11. The number of fused-ring (bicyclic) bond motifs is 1. The van der Waals surface area contributed by atoms with Gasteiger partial charge in [0.1, 0.15) is 0 Å². The molecular weight excluding hydrogens is 204 g/mol. The van der Waals surface area contributed by atoms with Crippen LogP contribution in [-0.4, -0.2) is 18.9 Å². The molecule has 0 amide bonds. The van der Waals surface area contributed by atoms with Gasteiger partial charge >= 0.3 is 0 Å². The van der Waals surface area contributed by atoms with Crippen LogP contribution in [0.2, 0.25) is 0 Å². The van der Waals surface area contributed by atoms with Crippen molar-refractivity contribution in [1.29, 1.82) is 0 Å². The minimum atomic E-state index is -0.0854. The van der Waals surface area contributed by atoms with Crippen LogP contribution in [0.3, 0.4) is 0 Å². The number of hydrogen-bond acceptors (Lipinski definition) is 3. The van der Waals surface area contributed by atoms with Gasteiger partial charge in [0.05, 0.1) is 5.69 Å². The average Bonchev–Trinajstić information content (AvgIpc) is 2.75. The molecule has 0 aliphatic carbocycles. The first-order valence-electron chi connectivity index (χ1n) is 4.81. The summed E-state index contributed by atoms with van der Waals surface area (Å²) in [6.07, 6.45) is 8.42. The maximum absolute atomic E-state index is 11.5. The van der Waals surface area contributed by atoms with Gasteiger partial charge in [0.15, 0.2) is 0 Å². The van der Waals surface area contributed by atoms with Crippen LogP contribution < -0.4 is 5.56 Å². The Morgan fingerprint density at radius 1 is 1.00 bits per heavy atom. The first-order valence-corrected chi connectivity index (χ1v) is 4.81. The van der Waals surface area contributed by atoms with E-state index in [-0.39, 0.29) is 5.56 Å². The summed E-state index contributed by atoms with van der Waals surface area (Å²) in [7, 11) is 0. The molecule has 5 nitrogen and oxygen atoms in total. The molecule has 78 valence electrons. The van der Waals surface area contributed by atoms with E-state index in [1.54, 1.807) is 24.8 Å². The van der Waals surface area contributed by atoms with Gasteiger partial charge in [0, 0.05) is 37.1 Å². The Bertz CT molecular complexity index is 684. The highest BCUT2D eigenvalue weighted by molar-refractivity contribution is 5.42. The number of hydrogen-bond donors (Lipinski definition) is 0. The Morgan fingerprint density at radius 2 is 1.81 bits per heavy atom. The molecule has 0 fully saturated rings. The summed E-state index contributed by atoms with van der Waals surface area (Å²) < 4.78 is 3.34. The lowest BCUT2D eigenvalue weighted by Gasteiger charge is -2.02. The Hall–Kier alpha value is -2.43. The molecular formula is C11H8N4O. The number of imidazole rings is 1. The van der Waals surface area contributed by atoms with Gasteiger partial charge in [-0.1, -0.05) is 0 Å². The second-order valence-corrected chi connectivity index (χ2v) is 3.33. The Labute approximate surface area is 90.6 Å². The molecule has 0 aromatic carbocycles. The van der Waals surface area contributed by atoms with E-state index >= 15 is 0 Å². The Morgan fingerprint density at radius 3 is 2.62 bits per heavy atom. The summed E-state index contributed by atoms with van der Waals surface area (Å²) in [6, 6.07) is 5.15. The summed E-state index contributed by atoms with van der Waals surface area (Å²) in [4.78, 5) is 19.7. The largest absolute Gasteiger partial charge is 0.285 e. The van der Waals surface area contributed by atoms with Gasteiger partial charge in [-0.2, -0.15) is 0 Å². The van der Waals surface area contributed by atoms with Crippen molar-refractivity contribution in [2.24, 2.45) is 0 Å². The minimum absolute atomic E-state index is 0.0854. The van der Waals surface area contributed by atoms with E-state index < -0.39 is 0 Å². The van der Waals surface area contributed by atoms with Gasteiger partial charge in [-0.05, 0) is 12.1 Å². The molecule has 3 heterocycles. The third-order valence-corrected chi connectivity index (χ3v) is 2.38. The van der Waals surface area contributed by atoms with Crippen molar-refractivity contribution in [2.75, 3.05) is 0 Å². The molecule has 0 bridgehead atoms. The fraction of sp³-hybridized carbons (Fsp3) is 0. The second-order valence-electron chi connectivity index (χ2n) is 3.33. The topological polar surface area (TPSA) is 52.2 Å². The van der Waals surface area contributed by atoms with Gasteiger partial charge < -0.3 is 0 Å². The highest BCUT2D eigenvalue weighted by atomic mass is 16.1. The summed E-state index contributed by atoms with van der Waals surface area (Å²) in [5, 5.41) is 0. The van der Waals surface area contributed by atoms with Crippen molar-refractivity contribution in [2.45, 2.75) is 0 Å². The average molecular weight is 212 g/mol. The van der Waals surface area contributed by atoms with Gasteiger partial charge in [0.25, 0.3) is 5.56 Å². The predicted octanol–water partition coefficient (Wildman–Crippen LogP) is 0.880. The molecule has 0 unspecified atom stereocenters. The third-order valence-electron chi connectivity index (χ3n) is 2.38. The fourth-order valence-corrected chi connectivity index (χ4v) is 1.63. The summed E-state index contributed by atoms with van der Waals surface area (Å²) in [5.74, 6) is 0.596. The van der Waals surface area contributed by atoms with Gasteiger partial charge in [-0.3, -0.25) is 18.7 Å². The van der Waals surface area contributed by atoms with Crippen molar-refractivity contribution in [3.8, 4) is 5.69 Å². The summed E-state index contributed by atoms with van der Waals surface area (Å²) in [6.45, 7) is 0. The predicted molar refractivity (Wildman–Crippen MR) is 58.6 cm³/mol. The smallest absolute Gasteiger partial charge is 0.259 e. The van der Waals surface area contributed by atoms with Gasteiger partial charge in [0.2, 0.25) is 5.78 Å². The molecule has 0 spiro atoms. The highest BCUT2D eigenvalue weighted by Gasteiger charge is 2.04. The Kier molecular flexibility index (Phi) is 1.83. The van der Waals surface area contributed by atoms with Crippen molar-refractivity contribution >= 4 is 5.78 Å². The molecule has 5 heteroatoms. The zero-order chi connectivity index (χ0) is 11.0. The van der Waals surface area contributed by atoms with Crippen molar-refractivity contribution in [3.05, 3.63) is 59.5 Å². The van der Waals surface area contributed by atoms with Crippen molar-refractivity contribution in [1.82, 2.24) is 18.9 Å². The maximum atomic E-state index is 11.5. The quantitative estimate of drug-likeness (QED) is 0.601. The minimum Gasteiger partial charge on any atom is -0.285 e. The molecule has 16 heavy (non-hydrogen) atoms. The zero-order valence-corrected chi connectivity index (χ0v) is 8.32.